The Morgan fingerprint density at radius 3 is 2.77 bits per heavy atom. The summed E-state index contributed by atoms with van der Waals surface area (Å²) < 4.78 is 25.9. The molecule has 0 fully saturated rings. The maximum Gasteiger partial charge on any atom is 0.169 e. The van der Waals surface area contributed by atoms with Gasteiger partial charge in [0.15, 0.2) is 16.6 Å². The van der Waals surface area contributed by atoms with Crippen LogP contribution < -0.4 is 0 Å². The van der Waals surface area contributed by atoms with Gasteiger partial charge in [0.2, 0.25) is 0 Å². The van der Waals surface area contributed by atoms with Crippen LogP contribution in [0.5, 0.6) is 0 Å². The lowest BCUT2D eigenvalue weighted by Gasteiger charge is -1.97. The summed E-state index contributed by atoms with van der Waals surface area (Å²) in [5.74, 6) is -1.74. The van der Waals surface area contributed by atoms with Crippen molar-refractivity contribution in [2.75, 3.05) is 0 Å². The quantitative estimate of drug-likeness (QED) is 0.703. The van der Waals surface area contributed by atoms with Gasteiger partial charge in [-0.1, -0.05) is 17.4 Å². The summed E-state index contributed by atoms with van der Waals surface area (Å²) in [5, 5.41) is 7.59. The normalized spacial score (nSPS) is 10.3. The Labute approximate surface area is 76.9 Å². The summed E-state index contributed by atoms with van der Waals surface area (Å²) in [5.41, 5.74) is 1.63. The van der Waals surface area contributed by atoms with E-state index in [-0.39, 0.29) is 5.56 Å². The minimum Gasteiger partial charge on any atom is -0.204 e. The number of nitrogens with zero attached hydrogens (tertiary/aromatic N) is 2. The van der Waals surface area contributed by atoms with Gasteiger partial charge in [0.25, 0.3) is 0 Å². The summed E-state index contributed by atoms with van der Waals surface area (Å²) in [7, 11) is 0. The molecule has 0 radical (unpaired) electrons. The van der Waals surface area contributed by atoms with E-state index in [1.54, 1.807) is 0 Å². The molecule has 0 aliphatic rings. The van der Waals surface area contributed by atoms with Crippen molar-refractivity contribution in [1.29, 1.82) is 0 Å². The zero-order chi connectivity index (χ0) is 9.26. The second-order valence-corrected chi connectivity index (χ2v) is 3.18. The molecule has 0 spiro atoms. The van der Waals surface area contributed by atoms with Crippen LogP contribution in [0.2, 0.25) is 0 Å². The lowest BCUT2D eigenvalue weighted by Crippen LogP contribution is -1.88. The molecule has 0 aliphatic heterocycles. The smallest absolute Gasteiger partial charge is 0.169 e. The van der Waals surface area contributed by atoms with Crippen LogP contribution in [0, 0.1) is 11.6 Å². The molecule has 1 heterocycles. The van der Waals surface area contributed by atoms with Crippen LogP contribution in [0.4, 0.5) is 8.78 Å². The number of rotatable bonds is 1. The number of hydrogen-bond acceptors (Lipinski definition) is 3. The lowest BCUT2D eigenvalue weighted by molar-refractivity contribution is 0.511. The van der Waals surface area contributed by atoms with Gasteiger partial charge in [-0.15, -0.1) is 10.2 Å². The Kier molecular flexibility index (Phi) is 2.02. The van der Waals surface area contributed by atoms with E-state index < -0.39 is 11.6 Å². The van der Waals surface area contributed by atoms with Crippen molar-refractivity contribution in [3.8, 4) is 10.6 Å². The molecule has 13 heavy (non-hydrogen) atoms. The Morgan fingerprint density at radius 2 is 2.08 bits per heavy atom. The van der Waals surface area contributed by atoms with E-state index in [1.165, 1.54) is 29.0 Å². The highest BCUT2D eigenvalue weighted by atomic mass is 32.1. The first-order valence-electron chi connectivity index (χ1n) is 3.49. The predicted molar refractivity (Wildman–Crippen MR) is 45.3 cm³/mol. The number of hydrogen-bond donors (Lipinski definition) is 0. The second-order valence-electron chi connectivity index (χ2n) is 2.35. The van der Waals surface area contributed by atoms with Gasteiger partial charge in [-0.25, -0.2) is 8.78 Å². The SMILES string of the molecule is Fc1cccc(-c2nncs2)c1F. The molecule has 0 bridgehead atoms. The average molecular weight is 198 g/mol. The maximum atomic E-state index is 13.1. The van der Waals surface area contributed by atoms with Gasteiger partial charge in [-0.3, -0.25) is 0 Å². The number of aromatic nitrogens is 2. The predicted octanol–water partition coefficient (Wildman–Crippen LogP) is 2.48. The number of benzene rings is 1. The summed E-state index contributed by atoms with van der Waals surface area (Å²) >= 11 is 1.17. The maximum absolute atomic E-state index is 13.1. The molecule has 0 saturated heterocycles. The molecule has 1 aromatic carbocycles. The van der Waals surface area contributed by atoms with Gasteiger partial charge in [-0.05, 0) is 12.1 Å². The van der Waals surface area contributed by atoms with Gasteiger partial charge in [0.05, 0.1) is 5.56 Å². The van der Waals surface area contributed by atoms with Gasteiger partial charge in [0, 0.05) is 0 Å². The van der Waals surface area contributed by atoms with Crippen LogP contribution in [0.3, 0.4) is 0 Å². The fourth-order valence-corrected chi connectivity index (χ4v) is 1.53. The molecule has 2 rings (SSSR count). The average Bonchev–Trinajstić information content (AvgIpc) is 2.62. The molecule has 0 amide bonds. The molecular formula is C8H4F2N2S. The zero-order valence-corrected chi connectivity index (χ0v) is 7.18. The molecule has 0 saturated carbocycles. The van der Waals surface area contributed by atoms with Crippen LogP contribution in [-0.4, -0.2) is 10.2 Å². The van der Waals surface area contributed by atoms with Crippen LogP contribution in [0.1, 0.15) is 0 Å². The van der Waals surface area contributed by atoms with Crippen molar-refractivity contribution in [2.24, 2.45) is 0 Å². The molecule has 0 atom stereocenters. The van der Waals surface area contributed by atoms with E-state index in [0.29, 0.717) is 5.01 Å². The molecule has 0 aliphatic carbocycles. The van der Waals surface area contributed by atoms with Gasteiger partial charge < -0.3 is 0 Å². The van der Waals surface area contributed by atoms with E-state index in [4.69, 9.17) is 0 Å². The van der Waals surface area contributed by atoms with Crippen molar-refractivity contribution in [3.05, 3.63) is 35.3 Å². The van der Waals surface area contributed by atoms with Crippen LogP contribution in [0.25, 0.3) is 10.6 Å². The second kappa shape index (κ2) is 3.18. The first-order chi connectivity index (χ1) is 6.29. The minimum absolute atomic E-state index is 0.155. The summed E-state index contributed by atoms with van der Waals surface area (Å²) in [6.45, 7) is 0. The van der Waals surface area contributed by atoms with Crippen molar-refractivity contribution < 1.29 is 8.78 Å². The lowest BCUT2D eigenvalue weighted by atomic mass is 10.2. The monoisotopic (exact) mass is 198 g/mol. The van der Waals surface area contributed by atoms with Crippen molar-refractivity contribution in [1.82, 2.24) is 10.2 Å². The largest absolute Gasteiger partial charge is 0.204 e. The summed E-state index contributed by atoms with van der Waals surface area (Å²) in [6, 6.07) is 3.98. The van der Waals surface area contributed by atoms with Crippen molar-refractivity contribution in [3.63, 3.8) is 0 Å². The van der Waals surface area contributed by atoms with Crippen LogP contribution in [0.15, 0.2) is 23.7 Å². The van der Waals surface area contributed by atoms with E-state index >= 15 is 0 Å². The third-order valence-electron chi connectivity index (χ3n) is 1.54. The van der Waals surface area contributed by atoms with Gasteiger partial charge >= 0.3 is 0 Å². The van der Waals surface area contributed by atoms with Crippen molar-refractivity contribution in [2.45, 2.75) is 0 Å². The van der Waals surface area contributed by atoms with E-state index in [2.05, 4.69) is 10.2 Å². The standard InChI is InChI=1S/C8H4F2N2S/c9-6-3-1-2-5(7(6)10)8-12-11-4-13-8/h1-4H. The Balaban J connectivity index is 2.59. The molecule has 0 unspecified atom stereocenters. The highest BCUT2D eigenvalue weighted by Crippen LogP contribution is 2.24. The summed E-state index contributed by atoms with van der Waals surface area (Å²) in [4.78, 5) is 0. The first-order valence-corrected chi connectivity index (χ1v) is 4.37. The van der Waals surface area contributed by atoms with Crippen LogP contribution in [-0.2, 0) is 0 Å². The van der Waals surface area contributed by atoms with E-state index in [9.17, 15) is 8.78 Å². The third-order valence-corrected chi connectivity index (χ3v) is 2.27. The highest BCUT2D eigenvalue weighted by molar-refractivity contribution is 7.12. The molecule has 2 nitrogen and oxygen atoms in total. The molecule has 66 valence electrons. The molecule has 2 aromatic rings. The van der Waals surface area contributed by atoms with Crippen molar-refractivity contribution >= 4 is 11.3 Å². The van der Waals surface area contributed by atoms with Gasteiger partial charge in [-0.2, -0.15) is 0 Å². The van der Waals surface area contributed by atoms with Gasteiger partial charge in [0.1, 0.15) is 5.51 Å². The molecule has 5 heteroatoms. The topological polar surface area (TPSA) is 25.8 Å². The Morgan fingerprint density at radius 1 is 1.23 bits per heavy atom. The fourth-order valence-electron chi connectivity index (χ4n) is 0.959. The number of halogens is 2. The fraction of sp³-hybridized carbons (Fsp3) is 0. The Bertz CT molecular complexity index is 414. The van der Waals surface area contributed by atoms with E-state index in [1.807, 2.05) is 0 Å². The Hall–Kier alpha value is -1.36. The first kappa shape index (κ1) is 8.25. The van der Waals surface area contributed by atoms with E-state index in [0.717, 1.165) is 6.07 Å². The molecular weight excluding hydrogens is 194 g/mol. The summed E-state index contributed by atoms with van der Waals surface area (Å²) in [6.07, 6.45) is 0. The third kappa shape index (κ3) is 1.42. The highest BCUT2D eigenvalue weighted by Gasteiger charge is 2.11. The van der Waals surface area contributed by atoms with Crippen LogP contribution >= 0.6 is 11.3 Å². The molecule has 1 aromatic heterocycles. The molecule has 0 N–H and O–H groups in total. The zero-order valence-electron chi connectivity index (χ0n) is 6.37. The minimum atomic E-state index is -0.876.